The van der Waals surface area contributed by atoms with Crippen LogP contribution in [0.5, 0.6) is 0 Å². The molecule has 2 aromatic rings. The standard InChI is InChI=1S/C22H33N9O7/c23-4-2-1-3-15(29-19(34)14(24)5-12-8-25-10-27-12)20(35)30-16(7-18(32)33)21(36)31-17(22(37)38)6-13-9-26-11-28-13/h8-11,14-17H,1-7,23-24H2,(H,25,27)(H,26,28)(H,29,34)(H,30,35)(H,31,36)(H,32,33)(H,37,38). The average molecular weight is 536 g/mol. The monoisotopic (exact) mass is 535 g/mol. The molecule has 0 aliphatic heterocycles. The van der Waals surface area contributed by atoms with Crippen molar-refractivity contribution in [2.45, 2.75) is 62.7 Å². The van der Waals surface area contributed by atoms with Crippen LogP contribution in [0.2, 0.25) is 0 Å². The summed E-state index contributed by atoms with van der Waals surface area (Å²) in [5.74, 6) is -5.26. The summed E-state index contributed by atoms with van der Waals surface area (Å²) in [7, 11) is 0. The summed E-state index contributed by atoms with van der Waals surface area (Å²) in [6, 6.07) is -5.20. The van der Waals surface area contributed by atoms with Crippen molar-refractivity contribution in [1.29, 1.82) is 0 Å². The van der Waals surface area contributed by atoms with Crippen molar-refractivity contribution in [1.82, 2.24) is 35.9 Å². The molecule has 0 spiro atoms. The highest BCUT2D eigenvalue weighted by atomic mass is 16.4. The average Bonchev–Trinajstić information content (AvgIpc) is 3.56. The maximum absolute atomic E-state index is 13.1. The van der Waals surface area contributed by atoms with Crippen LogP contribution >= 0.6 is 0 Å². The van der Waals surface area contributed by atoms with Gasteiger partial charge in [0, 0.05) is 36.6 Å². The molecule has 0 radical (unpaired) electrons. The molecule has 4 atom stereocenters. The molecule has 38 heavy (non-hydrogen) atoms. The van der Waals surface area contributed by atoms with Crippen molar-refractivity contribution in [2.75, 3.05) is 6.54 Å². The lowest BCUT2D eigenvalue weighted by atomic mass is 10.1. The number of amides is 3. The molecule has 0 aliphatic carbocycles. The molecule has 0 fully saturated rings. The Kier molecular flexibility index (Phi) is 11.9. The number of nitrogens with two attached hydrogens (primary N) is 2. The number of carboxylic acid groups (broad SMARTS) is 2. The molecule has 0 saturated carbocycles. The first-order valence-electron chi connectivity index (χ1n) is 11.9. The van der Waals surface area contributed by atoms with Gasteiger partial charge in [-0.25, -0.2) is 14.8 Å². The maximum Gasteiger partial charge on any atom is 0.326 e. The molecule has 11 N–H and O–H groups in total. The van der Waals surface area contributed by atoms with Crippen LogP contribution in [0, 0.1) is 0 Å². The third-order valence-corrected chi connectivity index (χ3v) is 5.52. The Morgan fingerprint density at radius 1 is 0.816 bits per heavy atom. The van der Waals surface area contributed by atoms with E-state index in [9.17, 15) is 34.2 Å². The van der Waals surface area contributed by atoms with E-state index < -0.39 is 60.2 Å². The number of H-pyrrole nitrogens is 2. The highest BCUT2D eigenvalue weighted by Gasteiger charge is 2.31. The van der Waals surface area contributed by atoms with Crippen LogP contribution in [-0.2, 0) is 36.8 Å². The molecular formula is C22H33N9O7. The number of carbonyl (C=O) groups excluding carboxylic acids is 3. The third-order valence-electron chi connectivity index (χ3n) is 5.52. The first-order valence-corrected chi connectivity index (χ1v) is 11.9. The summed E-state index contributed by atoms with van der Waals surface area (Å²) >= 11 is 0. The lowest BCUT2D eigenvalue weighted by Gasteiger charge is -2.24. The summed E-state index contributed by atoms with van der Waals surface area (Å²) in [6.07, 6.45) is 5.94. The van der Waals surface area contributed by atoms with Gasteiger partial charge in [-0.15, -0.1) is 0 Å². The lowest BCUT2D eigenvalue weighted by Crippen LogP contribution is -2.57. The number of carboxylic acids is 2. The van der Waals surface area contributed by atoms with Gasteiger partial charge in [-0.1, -0.05) is 0 Å². The van der Waals surface area contributed by atoms with Crippen LogP contribution < -0.4 is 27.4 Å². The van der Waals surface area contributed by atoms with Gasteiger partial charge in [0.1, 0.15) is 18.1 Å². The summed E-state index contributed by atoms with van der Waals surface area (Å²) in [4.78, 5) is 74.8. The zero-order chi connectivity index (χ0) is 28.1. The second-order valence-corrected chi connectivity index (χ2v) is 8.57. The molecule has 16 nitrogen and oxygen atoms in total. The molecule has 4 unspecified atom stereocenters. The largest absolute Gasteiger partial charge is 0.481 e. The Balaban J connectivity index is 2.11. The molecule has 3 amide bonds. The van der Waals surface area contributed by atoms with E-state index in [2.05, 4.69) is 35.9 Å². The number of hydrogen-bond donors (Lipinski definition) is 9. The zero-order valence-electron chi connectivity index (χ0n) is 20.6. The van der Waals surface area contributed by atoms with Crippen LogP contribution in [0.3, 0.4) is 0 Å². The Morgan fingerprint density at radius 2 is 1.37 bits per heavy atom. The number of unbranched alkanes of at least 4 members (excludes halogenated alkanes) is 1. The van der Waals surface area contributed by atoms with Crippen LogP contribution in [0.25, 0.3) is 0 Å². The van der Waals surface area contributed by atoms with Crippen LogP contribution in [0.1, 0.15) is 37.1 Å². The van der Waals surface area contributed by atoms with E-state index in [1.54, 1.807) is 0 Å². The van der Waals surface area contributed by atoms with Gasteiger partial charge in [-0.3, -0.25) is 19.2 Å². The SMILES string of the molecule is NCCCCC(NC(=O)C(N)Cc1cnc[nH]1)C(=O)NC(CC(=O)O)C(=O)NC(Cc1cnc[nH]1)C(=O)O. The van der Waals surface area contributed by atoms with E-state index in [4.69, 9.17) is 11.5 Å². The highest BCUT2D eigenvalue weighted by Crippen LogP contribution is 2.06. The summed E-state index contributed by atoms with van der Waals surface area (Å²) in [5, 5.41) is 25.9. The van der Waals surface area contributed by atoms with Crippen LogP contribution in [-0.4, -0.2) is 90.5 Å². The first-order chi connectivity index (χ1) is 18.1. The van der Waals surface area contributed by atoms with E-state index in [1.807, 2.05) is 0 Å². The minimum Gasteiger partial charge on any atom is -0.481 e. The minimum absolute atomic E-state index is 0.125. The van der Waals surface area contributed by atoms with E-state index in [0.717, 1.165) is 0 Å². The molecule has 0 saturated heterocycles. The molecule has 2 aromatic heterocycles. The number of carbonyl (C=O) groups is 5. The molecule has 16 heteroatoms. The predicted molar refractivity (Wildman–Crippen MR) is 131 cm³/mol. The van der Waals surface area contributed by atoms with Crippen molar-refractivity contribution in [3.05, 3.63) is 36.4 Å². The fourth-order valence-corrected chi connectivity index (χ4v) is 3.51. The fourth-order valence-electron chi connectivity index (χ4n) is 3.51. The molecule has 0 bridgehead atoms. The fraction of sp³-hybridized carbons (Fsp3) is 0.500. The topological polar surface area (TPSA) is 271 Å². The summed E-state index contributed by atoms with van der Waals surface area (Å²) in [6.45, 7) is 0.346. The van der Waals surface area contributed by atoms with Crippen molar-refractivity contribution >= 4 is 29.7 Å². The number of aromatic nitrogens is 4. The second kappa shape index (κ2) is 15.1. The van der Waals surface area contributed by atoms with Crippen LogP contribution in [0.15, 0.2) is 25.0 Å². The van der Waals surface area contributed by atoms with Crippen molar-refractivity contribution in [2.24, 2.45) is 11.5 Å². The first kappa shape index (κ1) is 29.9. The van der Waals surface area contributed by atoms with Crippen molar-refractivity contribution in [3.63, 3.8) is 0 Å². The van der Waals surface area contributed by atoms with Crippen molar-refractivity contribution in [3.8, 4) is 0 Å². The van der Waals surface area contributed by atoms with Gasteiger partial charge in [-0.2, -0.15) is 0 Å². The van der Waals surface area contributed by atoms with E-state index in [-0.39, 0.29) is 19.3 Å². The molecular weight excluding hydrogens is 502 g/mol. The summed E-state index contributed by atoms with van der Waals surface area (Å²) in [5.41, 5.74) is 12.5. The number of nitrogens with one attached hydrogen (secondary N) is 5. The van der Waals surface area contributed by atoms with Gasteiger partial charge in [0.2, 0.25) is 17.7 Å². The van der Waals surface area contributed by atoms with Gasteiger partial charge in [0.15, 0.2) is 0 Å². The lowest BCUT2D eigenvalue weighted by molar-refractivity contribution is -0.143. The Labute approximate surface area is 217 Å². The molecule has 0 aromatic carbocycles. The zero-order valence-corrected chi connectivity index (χ0v) is 20.6. The number of aromatic amines is 2. The van der Waals surface area contributed by atoms with Crippen LogP contribution in [0.4, 0.5) is 0 Å². The molecule has 2 heterocycles. The minimum atomic E-state index is -1.61. The predicted octanol–water partition coefficient (Wildman–Crippen LogP) is -2.61. The Bertz CT molecular complexity index is 1060. The van der Waals surface area contributed by atoms with Gasteiger partial charge < -0.3 is 47.6 Å². The molecule has 2 rings (SSSR count). The third kappa shape index (κ3) is 9.98. The van der Waals surface area contributed by atoms with Crippen molar-refractivity contribution < 1.29 is 34.2 Å². The van der Waals surface area contributed by atoms with Gasteiger partial charge in [0.25, 0.3) is 0 Å². The Morgan fingerprint density at radius 3 is 1.89 bits per heavy atom. The van der Waals surface area contributed by atoms with E-state index in [0.29, 0.717) is 30.8 Å². The quantitative estimate of drug-likeness (QED) is 0.0946. The number of aliphatic carboxylic acids is 2. The number of nitrogens with zero attached hydrogens (tertiary/aromatic N) is 2. The van der Waals surface area contributed by atoms with Gasteiger partial charge in [0.05, 0.1) is 25.1 Å². The highest BCUT2D eigenvalue weighted by molar-refractivity contribution is 5.95. The molecule has 208 valence electrons. The number of imidazole rings is 2. The Hall–Kier alpha value is -4.31. The van der Waals surface area contributed by atoms with Gasteiger partial charge in [-0.05, 0) is 25.8 Å². The second-order valence-electron chi connectivity index (χ2n) is 8.57. The van der Waals surface area contributed by atoms with Gasteiger partial charge >= 0.3 is 11.9 Å². The number of rotatable bonds is 17. The van der Waals surface area contributed by atoms with E-state index in [1.165, 1.54) is 25.0 Å². The smallest absolute Gasteiger partial charge is 0.326 e. The summed E-state index contributed by atoms with van der Waals surface area (Å²) < 4.78 is 0. The van der Waals surface area contributed by atoms with E-state index >= 15 is 0 Å². The normalized spacial score (nSPS) is 14.1. The maximum atomic E-state index is 13.1. The number of hydrogen-bond acceptors (Lipinski definition) is 9. The molecule has 0 aliphatic rings.